The molecule has 1 aliphatic rings. The highest BCUT2D eigenvalue weighted by Crippen LogP contribution is 2.20. The number of hydrogen-bond acceptors (Lipinski definition) is 6. The Balaban J connectivity index is 1.79. The van der Waals surface area contributed by atoms with E-state index in [-0.39, 0.29) is 17.2 Å². The normalized spacial score (nSPS) is 18.2. The zero-order valence-corrected chi connectivity index (χ0v) is 12.0. The summed E-state index contributed by atoms with van der Waals surface area (Å²) < 4.78 is 5.65. The summed E-state index contributed by atoms with van der Waals surface area (Å²) in [5.74, 6) is 0.312. The summed E-state index contributed by atoms with van der Waals surface area (Å²) in [7, 11) is 0. The molecule has 0 saturated carbocycles. The first-order valence-corrected chi connectivity index (χ1v) is 6.88. The maximum Gasteiger partial charge on any atom is 0.274 e. The average Bonchev–Trinajstić information content (AvgIpc) is 2.54. The van der Waals surface area contributed by atoms with Crippen molar-refractivity contribution in [2.45, 2.75) is 13.0 Å². The highest BCUT2D eigenvalue weighted by atomic mass is 16.5. The molecule has 1 amide bonds. The Labute approximate surface area is 126 Å². The van der Waals surface area contributed by atoms with Gasteiger partial charge in [0, 0.05) is 25.0 Å². The van der Waals surface area contributed by atoms with Crippen LogP contribution < -0.4 is 5.56 Å². The molecule has 22 heavy (non-hydrogen) atoms. The molecule has 0 unspecified atom stereocenters. The van der Waals surface area contributed by atoms with Crippen molar-refractivity contribution >= 4 is 5.91 Å². The molecule has 2 aromatic rings. The van der Waals surface area contributed by atoms with Crippen molar-refractivity contribution in [3.8, 4) is 0 Å². The Kier molecular flexibility index (Phi) is 3.92. The second-order valence-electron chi connectivity index (χ2n) is 4.96. The first-order valence-electron chi connectivity index (χ1n) is 6.88. The van der Waals surface area contributed by atoms with E-state index in [9.17, 15) is 9.59 Å². The number of morpholine rings is 1. The quantitative estimate of drug-likeness (QED) is 0.843. The Morgan fingerprint density at radius 3 is 3.05 bits per heavy atom. The fourth-order valence-corrected chi connectivity index (χ4v) is 2.35. The van der Waals surface area contributed by atoms with Gasteiger partial charge >= 0.3 is 0 Å². The second-order valence-corrected chi connectivity index (χ2v) is 4.96. The van der Waals surface area contributed by atoms with Gasteiger partial charge in [-0.25, -0.2) is 9.97 Å². The van der Waals surface area contributed by atoms with E-state index in [1.807, 2.05) is 0 Å². The predicted octanol–water partition coefficient (Wildman–Crippen LogP) is 0.0820. The van der Waals surface area contributed by atoms with Gasteiger partial charge in [-0.05, 0) is 6.92 Å². The number of nitrogens with zero attached hydrogens (tertiary/aromatic N) is 4. The minimum absolute atomic E-state index is 0.206. The summed E-state index contributed by atoms with van der Waals surface area (Å²) in [6.45, 7) is 2.87. The van der Waals surface area contributed by atoms with Crippen molar-refractivity contribution in [2.24, 2.45) is 0 Å². The molecule has 1 N–H and O–H groups in total. The molecule has 0 aromatic carbocycles. The van der Waals surface area contributed by atoms with Crippen LogP contribution in [0.2, 0.25) is 0 Å². The van der Waals surface area contributed by atoms with Crippen LogP contribution in [0.1, 0.15) is 28.1 Å². The van der Waals surface area contributed by atoms with Gasteiger partial charge in [-0.1, -0.05) is 0 Å². The summed E-state index contributed by atoms with van der Waals surface area (Å²) >= 11 is 0. The number of carbonyl (C=O) groups is 1. The maximum atomic E-state index is 12.4. The minimum Gasteiger partial charge on any atom is -0.368 e. The fourth-order valence-electron chi connectivity index (χ4n) is 2.35. The van der Waals surface area contributed by atoms with Crippen molar-refractivity contribution < 1.29 is 9.53 Å². The molecule has 2 aromatic heterocycles. The van der Waals surface area contributed by atoms with E-state index < -0.39 is 6.10 Å². The third kappa shape index (κ3) is 3.01. The summed E-state index contributed by atoms with van der Waals surface area (Å²) in [6, 6.07) is 1.40. The number of ether oxygens (including phenoxy) is 1. The molecule has 1 atom stereocenters. The molecule has 1 aliphatic heterocycles. The molecule has 0 bridgehead atoms. The SMILES string of the molecule is Cc1nc([C@@H]2CN(C(=O)c3cnccn3)CCO2)cc(=O)[nH]1. The fraction of sp³-hybridized carbons (Fsp3) is 0.357. The highest BCUT2D eigenvalue weighted by Gasteiger charge is 2.28. The van der Waals surface area contributed by atoms with Gasteiger partial charge in [-0.3, -0.25) is 14.6 Å². The van der Waals surface area contributed by atoms with Crippen LogP contribution in [0.15, 0.2) is 29.5 Å². The zero-order chi connectivity index (χ0) is 15.5. The van der Waals surface area contributed by atoms with Gasteiger partial charge in [-0.2, -0.15) is 0 Å². The van der Waals surface area contributed by atoms with Gasteiger partial charge in [0.15, 0.2) is 0 Å². The second kappa shape index (κ2) is 6.02. The molecule has 3 rings (SSSR count). The van der Waals surface area contributed by atoms with E-state index in [1.54, 1.807) is 11.8 Å². The van der Waals surface area contributed by atoms with Crippen LogP contribution in [0, 0.1) is 6.92 Å². The van der Waals surface area contributed by atoms with E-state index in [0.29, 0.717) is 31.2 Å². The van der Waals surface area contributed by atoms with Crippen molar-refractivity contribution in [1.82, 2.24) is 24.8 Å². The van der Waals surface area contributed by atoms with Gasteiger partial charge < -0.3 is 14.6 Å². The molecular formula is C14H15N5O3. The highest BCUT2D eigenvalue weighted by molar-refractivity contribution is 5.92. The molecule has 0 radical (unpaired) electrons. The van der Waals surface area contributed by atoms with Crippen LogP contribution in [-0.2, 0) is 4.74 Å². The third-order valence-corrected chi connectivity index (χ3v) is 3.35. The van der Waals surface area contributed by atoms with Crippen LogP contribution in [-0.4, -0.2) is 50.4 Å². The van der Waals surface area contributed by atoms with E-state index >= 15 is 0 Å². The summed E-state index contributed by atoms with van der Waals surface area (Å²) in [6.07, 6.45) is 4.01. The van der Waals surface area contributed by atoms with Crippen molar-refractivity contribution in [1.29, 1.82) is 0 Å². The first-order chi connectivity index (χ1) is 10.6. The van der Waals surface area contributed by atoms with E-state index in [0.717, 1.165) is 0 Å². The molecule has 1 saturated heterocycles. The number of carbonyl (C=O) groups excluding carboxylic acids is 1. The number of nitrogens with one attached hydrogen (secondary N) is 1. The Morgan fingerprint density at radius 1 is 1.45 bits per heavy atom. The van der Waals surface area contributed by atoms with Crippen LogP contribution in [0.3, 0.4) is 0 Å². The summed E-state index contributed by atoms with van der Waals surface area (Å²) in [5.41, 5.74) is 0.583. The molecule has 0 spiro atoms. The molecule has 1 fully saturated rings. The summed E-state index contributed by atoms with van der Waals surface area (Å²) in [4.78, 5) is 40.3. The number of hydrogen-bond donors (Lipinski definition) is 1. The number of aryl methyl sites for hydroxylation is 1. The van der Waals surface area contributed by atoms with Gasteiger partial charge in [0.2, 0.25) is 0 Å². The van der Waals surface area contributed by atoms with Crippen LogP contribution in [0.5, 0.6) is 0 Å². The Morgan fingerprint density at radius 2 is 2.32 bits per heavy atom. The monoisotopic (exact) mass is 301 g/mol. The number of amides is 1. The zero-order valence-electron chi connectivity index (χ0n) is 12.0. The van der Waals surface area contributed by atoms with Crippen molar-refractivity contribution in [3.63, 3.8) is 0 Å². The number of aromatic amines is 1. The van der Waals surface area contributed by atoms with Gasteiger partial charge in [0.25, 0.3) is 11.5 Å². The molecule has 8 nitrogen and oxygen atoms in total. The number of rotatable bonds is 2. The molecule has 0 aliphatic carbocycles. The van der Waals surface area contributed by atoms with Crippen molar-refractivity contribution in [2.75, 3.05) is 19.7 Å². The van der Waals surface area contributed by atoms with E-state index in [1.165, 1.54) is 24.7 Å². The lowest BCUT2D eigenvalue weighted by atomic mass is 10.2. The largest absolute Gasteiger partial charge is 0.368 e. The Hall–Kier alpha value is -2.61. The lowest BCUT2D eigenvalue weighted by Gasteiger charge is -2.32. The maximum absolute atomic E-state index is 12.4. The lowest BCUT2D eigenvalue weighted by Crippen LogP contribution is -2.43. The van der Waals surface area contributed by atoms with Gasteiger partial charge in [0.05, 0.1) is 25.0 Å². The molecule has 3 heterocycles. The average molecular weight is 301 g/mol. The standard InChI is InChI=1S/C14H15N5O3/c1-9-17-10(6-13(20)18-9)12-8-19(4-5-22-12)14(21)11-7-15-2-3-16-11/h2-3,6-7,12H,4-5,8H2,1H3,(H,17,18,20)/t12-/m0/s1. The molecule has 8 heteroatoms. The van der Waals surface area contributed by atoms with Crippen LogP contribution in [0.4, 0.5) is 0 Å². The number of aromatic nitrogens is 4. The third-order valence-electron chi connectivity index (χ3n) is 3.35. The van der Waals surface area contributed by atoms with Crippen LogP contribution >= 0.6 is 0 Å². The van der Waals surface area contributed by atoms with E-state index in [4.69, 9.17) is 4.74 Å². The minimum atomic E-state index is -0.421. The first kappa shape index (κ1) is 14.3. The lowest BCUT2D eigenvalue weighted by molar-refractivity contribution is -0.0251. The topological polar surface area (TPSA) is 101 Å². The molecule has 114 valence electrons. The van der Waals surface area contributed by atoms with Gasteiger partial charge in [-0.15, -0.1) is 0 Å². The molecular weight excluding hydrogens is 286 g/mol. The van der Waals surface area contributed by atoms with Crippen molar-refractivity contribution in [3.05, 3.63) is 52.2 Å². The Bertz CT molecular complexity index is 731. The number of H-pyrrole nitrogens is 1. The van der Waals surface area contributed by atoms with Gasteiger partial charge in [0.1, 0.15) is 17.6 Å². The van der Waals surface area contributed by atoms with Crippen LogP contribution in [0.25, 0.3) is 0 Å². The predicted molar refractivity (Wildman–Crippen MR) is 76.2 cm³/mol. The smallest absolute Gasteiger partial charge is 0.274 e. The van der Waals surface area contributed by atoms with E-state index in [2.05, 4.69) is 19.9 Å². The summed E-state index contributed by atoms with van der Waals surface area (Å²) in [5, 5.41) is 0.